The Balaban J connectivity index is 2.95. The Kier molecular flexibility index (Phi) is 5.67. The van der Waals surface area contributed by atoms with E-state index in [-0.39, 0.29) is 12.8 Å². The third kappa shape index (κ3) is 4.64. The number of nitrogens with one attached hydrogen (secondary N) is 1. The Morgan fingerprint density at radius 3 is 2.50 bits per heavy atom. The highest BCUT2D eigenvalue weighted by molar-refractivity contribution is 7.90. The van der Waals surface area contributed by atoms with Crippen LogP contribution in [0.25, 0.3) is 0 Å². The van der Waals surface area contributed by atoms with Crippen LogP contribution in [0.2, 0.25) is 0 Å². The summed E-state index contributed by atoms with van der Waals surface area (Å²) in [4.78, 5) is 10.7. The maximum absolute atomic E-state index is 11.9. The van der Waals surface area contributed by atoms with E-state index in [0.717, 1.165) is 0 Å². The highest BCUT2D eigenvalue weighted by Crippen LogP contribution is 2.20. The summed E-state index contributed by atoms with van der Waals surface area (Å²) in [5.41, 5.74) is 0.669. The normalized spacial score (nSPS) is 14.2. The van der Waals surface area contributed by atoms with E-state index in [4.69, 9.17) is 10.4 Å². The highest BCUT2D eigenvalue weighted by Gasteiger charge is 2.25. The lowest BCUT2D eigenvalue weighted by atomic mass is 10.0. The van der Waals surface area contributed by atoms with Crippen LogP contribution >= 0.6 is 0 Å². The zero-order valence-corrected chi connectivity index (χ0v) is 11.8. The first kappa shape index (κ1) is 16.1. The predicted octanol–water partition coefficient (Wildman–Crippen LogP) is 1.42. The number of sulfonamides is 1. The monoisotopic (exact) mass is 296 g/mol. The molecule has 0 fully saturated rings. The van der Waals surface area contributed by atoms with Gasteiger partial charge in [0.2, 0.25) is 10.0 Å². The van der Waals surface area contributed by atoms with Crippen LogP contribution in [0.3, 0.4) is 0 Å². The van der Waals surface area contributed by atoms with Crippen molar-refractivity contribution in [2.24, 2.45) is 0 Å². The number of benzene rings is 1. The number of carboxylic acids is 1. The molecule has 1 aromatic rings. The molecule has 0 aliphatic rings. The number of aliphatic carboxylic acids is 1. The van der Waals surface area contributed by atoms with Crippen molar-refractivity contribution in [1.82, 2.24) is 4.72 Å². The number of hydrogen-bond donors (Lipinski definition) is 2. The molecule has 0 saturated carbocycles. The van der Waals surface area contributed by atoms with Crippen LogP contribution in [0.1, 0.15) is 31.4 Å². The molecule has 108 valence electrons. The van der Waals surface area contributed by atoms with Gasteiger partial charge < -0.3 is 5.11 Å². The van der Waals surface area contributed by atoms with Gasteiger partial charge in [0.1, 0.15) is 0 Å². The average Bonchev–Trinajstić information content (AvgIpc) is 2.43. The summed E-state index contributed by atoms with van der Waals surface area (Å²) in [5, 5.41) is 16.2. The molecule has 6 nitrogen and oxygen atoms in total. The summed E-state index contributed by atoms with van der Waals surface area (Å²) < 4.78 is 26.2. The molecule has 0 amide bonds. The van der Waals surface area contributed by atoms with E-state index < -0.39 is 27.3 Å². The van der Waals surface area contributed by atoms with Crippen molar-refractivity contribution in [3.63, 3.8) is 0 Å². The van der Waals surface area contributed by atoms with Crippen molar-refractivity contribution in [2.45, 2.75) is 31.1 Å². The molecule has 2 N–H and O–H groups in total. The van der Waals surface area contributed by atoms with Crippen LogP contribution in [0.5, 0.6) is 0 Å². The van der Waals surface area contributed by atoms with Crippen LogP contribution in [-0.4, -0.2) is 24.7 Å². The van der Waals surface area contributed by atoms with Gasteiger partial charge >= 0.3 is 5.97 Å². The quantitative estimate of drug-likeness (QED) is 0.791. The highest BCUT2D eigenvalue weighted by atomic mass is 32.2. The van der Waals surface area contributed by atoms with E-state index in [2.05, 4.69) is 4.72 Å². The van der Waals surface area contributed by atoms with Gasteiger partial charge in [-0.2, -0.15) is 5.26 Å². The summed E-state index contributed by atoms with van der Waals surface area (Å²) in [5.74, 6) is -1.00. The van der Waals surface area contributed by atoms with E-state index in [9.17, 15) is 13.2 Å². The lowest BCUT2D eigenvalue weighted by molar-refractivity contribution is -0.137. The van der Waals surface area contributed by atoms with Gasteiger partial charge in [-0.3, -0.25) is 4.79 Å². The van der Waals surface area contributed by atoms with Gasteiger partial charge in [-0.25, -0.2) is 13.1 Å². The Labute approximate surface area is 118 Å². The Bertz CT molecular complexity index is 593. The molecule has 7 heteroatoms. The third-order valence-electron chi connectivity index (χ3n) is 2.80. The standard InChI is InChI=1S/C13H16N2O4S/c1-10(9-14)20(18,19)15-12(7-8-13(16)17)11-5-3-2-4-6-11/h2-6,10,12,15H,7-8H2,1H3,(H,16,17). The zero-order chi connectivity index (χ0) is 15.2. The van der Waals surface area contributed by atoms with E-state index in [1.54, 1.807) is 36.4 Å². The Morgan fingerprint density at radius 2 is 2.00 bits per heavy atom. The van der Waals surface area contributed by atoms with Gasteiger partial charge in [-0.05, 0) is 18.9 Å². The first-order valence-corrected chi connectivity index (χ1v) is 7.59. The molecule has 0 bridgehead atoms. The van der Waals surface area contributed by atoms with E-state index in [1.807, 2.05) is 0 Å². The minimum absolute atomic E-state index is 0.122. The van der Waals surface area contributed by atoms with Crippen LogP contribution in [0.4, 0.5) is 0 Å². The van der Waals surface area contributed by atoms with Gasteiger partial charge in [0, 0.05) is 12.5 Å². The van der Waals surface area contributed by atoms with Gasteiger partial charge in [-0.1, -0.05) is 30.3 Å². The first-order chi connectivity index (χ1) is 9.36. The van der Waals surface area contributed by atoms with Gasteiger partial charge in [-0.15, -0.1) is 0 Å². The molecule has 20 heavy (non-hydrogen) atoms. The van der Waals surface area contributed by atoms with Crippen molar-refractivity contribution in [2.75, 3.05) is 0 Å². The Morgan fingerprint density at radius 1 is 1.40 bits per heavy atom. The van der Waals surface area contributed by atoms with Gasteiger partial charge in [0.15, 0.2) is 5.25 Å². The van der Waals surface area contributed by atoms with Crippen molar-refractivity contribution in [1.29, 1.82) is 5.26 Å². The molecule has 1 aromatic carbocycles. The SMILES string of the molecule is CC(C#N)S(=O)(=O)NC(CCC(=O)O)c1ccccc1. The van der Waals surface area contributed by atoms with Gasteiger partial charge in [0.05, 0.1) is 6.07 Å². The fourth-order valence-electron chi connectivity index (χ4n) is 1.62. The molecule has 0 aliphatic carbocycles. The number of rotatable bonds is 7. The molecule has 0 aliphatic heterocycles. The van der Waals surface area contributed by atoms with E-state index in [0.29, 0.717) is 5.56 Å². The van der Waals surface area contributed by atoms with Crippen molar-refractivity contribution >= 4 is 16.0 Å². The second-order valence-electron chi connectivity index (χ2n) is 4.33. The molecule has 1 rings (SSSR count). The lowest BCUT2D eigenvalue weighted by Crippen LogP contribution is -2.35. The zero-order valence-electron chi connectivity index (χ0n) is 11.0. The average molecular weight is 296 g/mol. The second kappa shape index (κ2) is 7.03. The predicted molar refractivity (Wildman–Crippen MR) is 73.2 cm³/mol. The summed E-state index contributed by atoms with van der Waals surface area (Å²) >= 11 is 0. The molecule has 0 aromatic heterocycles. The molecule has 0 heterocycles. The maximum Gasteiger partial charge on any atom is 0.303 e. The summed E-state index contributed by atoms with van der Waals surface area (Å²) in [6.45, 7) is 1.28. The van der Waals surface area contributed by atoms with E-state index in [1.165, 1.54) is 6.92 Å². The van der Waals surface area contributed by atoms with Crippen LogP contribution in [-0.2, 0) is 14.8 Å². The minimum atomic E-state index is -3.81. The fourth-order valence-corrected chi connectivity index (χ4v) is 2.61. The largest absolute Gasteiger partial charge is 0.481 e. The molecular weight excluding hydrogens is 280 g/mol. The molecule has 0 radical (unpaired) electrons. The molecule has 0 saturated heterocycles. The van der Waals surface area contributed by atoms with Crippen molar-refractivity contribution in [3.8, 4) is 6.07 Å². The number of carbonyl (C=O) groups is 1. The minimum Gasteiger partial charge on any atom is -0.481 e. The Hall–Kier alpha value is -1.91. The van der Waals surface area contributed by atoms with Crippen LogP contribution in [0, 0.1) is 11.3 Å². The van der Waals surface area contributed by atoms with Crippen molar-refractivity contribution < 1.29 is 18.3 Å². The second-order valence-corrected chi connectivity index (χ2v) is 6.36. The molecule has 2 unspecified atom stereocenters. The van der Waals surface area contributed by atoms with E-state index >= 15 is 0 Å². The first-order valence-electron chi connectivity index (χ1n) is 6.04. The number of hydrogen-bond acceptors (Lipinski definition) is 4. The fraction of sp³-hybridized carbons (Fsp3) is 0.385. The molecule has 0 spiro atoms. The summed E-state index contributed by atoms with van der Waals surface area (Å²) in [6.07, 6.45) is -0.0419. The molecule has 2 atom stereocenters. The number of nitriles is 1. The lowest BCUT2D eigenvalue weighted by Gasteiger charge is -2.19. The van der Waals surface area contributed by atoms with Gasteiger partial charge in [0.25, 0.3) is 0 Å². The third-order valence-corrected chi connectivity index (χ3v) is 4.45. The smallest absolute Gasteiger partial charge is 0.303 e. The van der Waals surface area contributed by atoms with Crippen LogP contribution < -0.4 is 4.72 Å². The van der Waals surface area contributed by atoms with Crippen LogP contribution in [0.15, 0.2) is 30.3 Å². The summed E-state index contributed by atoms with van der Waals surface area (Å²) in [6, 6.07) is 9.69. The summed E-state index contributed by atoms with van der Waals surface area (Å²) in [7, 11) is -3.81. The molecular formula is C13H16N2O4S. The topological polar surface area (TPSA) is 107 Å². The number of nitrogens with zero attached hydrogens (tertiary/aromatic N) is 1. The maximum atomic E-state index is 11.9. The number of carboxylic acid groups (broad SMARTS) is 1. The van der Waals surface area contributed by atoms with Crippen molar-refractivity contribution in [3.05, 3.63) is 35.9 Å².